The van der Waals surface area contributed by atoms with Crippen LogP contribution in [-0.4, -0.2) is 32.9 Å². The average molecular weight is 450 g/mol. The number of alkyl halides is 3. The second-order valence-electron chi connectivity index (χ2n) is 7.73. The van der Waals surface area contributed by atoms with Crippen LogP contribution in [-0.2, 0) is 11.3 Å². The molecule has 6 nitrogen and oxygen atoms in total. The molecule has 2 aromatic rings. The molecule has 1 saturated heterocycles. The van der Waals surface area contributed by atoms with Crippen molar-refractivity contribution in [1.29, 1.82) is 0 Å². The quantitative estimate of drug-likeness (QED) is 0.527. The van der Waals surface area contributed by atoms with E-state index in [4.69, 9.17) is 5.73 Å². The van der Waals surface area contributed by atoms with Crippen molar-refractivity contribution in [3.8, 4) is 0 Å². The van der Waals surface area contributed by atoms with Gasteiger partial charge >= 0.3 is 11.5 Å². The lowest BCUT2D eigenvalue weighted by molar-refractivity contribution is -0.126. The monoisotopic (exact) mass is 450 g/mol. The molecule has 1 aromatic carbocycles. The molecule has 1 spiro atoms. The lowest BCUT2D eigenvalue weighted by Gasteiger charge is -2.38. The molecule has 1 aliphatic heterocycles. The molecule has 2 heterocycles. The first-order chi connectivity index (χ1) is 14.7. The number of hydrogen-bond donors (Lipinski definition) is 1. The van der Waals surface area contributed by atoms with Crippen LogP contribution in [0.4, 0.5) is 29.5 Å². The summed E-state index contributed by atoms with van der Waals surface area (Å²) in [6.07, 6.45) is 5.29. The number of imide groups is 1. The first-order valence-corrected chi connectivity index (χ1v) is 10.7. The number of urea groups is 1. The van der Waals surface area contributed by atoms with E-state index in [0.29, 0.717) is 18.7 Å². The number of nitrogens with two attached hydrogens (primary N) is 1. The predicted octanol–water partition coefficient (Wildman–Crippen LogP) is 4.95. The highest BCUT2D eigenvalue weighted by Crippen LogP contribution is 2.44. The number of nitrogens with zero attached hydrogens (tertiary/aromatic N) is 3. The van der Waals surface area contributed by atoms with Gasteiger partial charge in [0.1, 0.15) is 11.4 Å². The van der Waals surface area contributed by atoms with Crippen molar-refractivity contribution in [2.24, 2.45) is 0 Å². The normalized spacial score (nSPS) is 18.8. The van der Waals surface area contributed by atoms with Crippen molar-refractivity contribution in [3.05, 3.63) is 48.2 Å². The summed E-state index contributed by atoms with van der Waals surface area (Å²) >= 11 is -0.238. The molecule has 2 aliphatic rings. The van der Waals surface area contributed by atoms with Gasteiger partial charge in [-0.05, 0) is 66.6 Å². The van der Waals surface area contributed by atoms with Gasteiger partial charge in [-0.25, -0.2) is 14.7 Å². The van der Waals surface area contributed by atoms with Gasteiger partial charge in [0.15, 0.2) is 0 Å². The minimum absolute atomic E-state index is 0.00755. The minimum Gasteiger partial charge on any atom is -0.384 e. The summed E-state index contributed by atoms with van der Waals surface area (Å²) in [7, 11) is 0. The Morgan fingerprint density at radius 2 is 1.74 bits per heavy atom. The molecule has 0 radical (unpaired) electrons. The van der Waals surface area contributed by atoms with Crippen molar-refractivity contribution in [2.45, 2.75) is 54.6 Å². The van der Waals surface area contributed by atoms with Crippen LogP contribution in [0.3, 0.4) is 0 Å². The maximum Gasteiger partial charge on any atom is 0.446 e. The number of amides is 3. The second-order valence-corrected chi connectivity index (χ2v) is 8.87. The Hall–Kier alpha value is -2.75. The van der Waals surface area contributed by atoms with Gasteiger partial charge in [0.2, 0.25) is 0 Å². The molecule has 0 atom stereocenters. The smallest absolute Gasteiger partial charge is 0.384 e. The Morgan fingerprint density at radius 3 is 2.35 bits per heavy atom. The number of pyridine rings is 1. The third-order valence-electron chi connectivity index (χ3n) is 5.74. The van der Waals surface area contributed by atoms with Gasteiger partial charge in [0, 0.05) is 17.6 Å². The highest BCUT2D eigenvalue weighted by Gasteiger charge is 2.57. The number of aromatic nitrogens is 1. The number of rotatable bonds is 4. The van der Waals surface area contributed by atoms with Crippen LogP contribution in [0.15, 0.2) is 47.5 Å². The van der Waals surface area contributed by atoms with Gasteiger partial charge in [-0.3, -0.25) is 4.79 Å². The second kappa shape index (κ2) is 8.07. The van der Waals surface area contributed by atoms with Crippen LogP contribution in [0, 0.1) is 0 Å². The van der Waals surface area contributed by atoms with Crippen LogP contribution < -0.4 is 10.6 Å². The van der Waals surface area contributed by atoms with Gasteiger partial charge in [-0.1, -0.05) is 19.3 Å². The van der Waals surface area contributed by atoms with Gasteiger partial charge in [-0.2, -0.15) is 13.2 Å². The zero-order chi connectivity index (χ0) is 22.2. The molecule has 3 amide bonds. The lowest BCUT2D eigenvalue weighted by atomic mass is 9.80. The third-order valence-corrected chi connectivity index (χ3v) is 6.47. The molecular weight excluding hydrogens is 429 g/mol. The largest absolute Gasteiger partial charge is 0.446 e. The van der Waals surface area contributed by atoms with Crippen molar-refractivity contribution in [3.63, 3.8) is 0 Å². The number of carbonyl (C=O) groups is 2. The summed E-state index contributed by atoms with van der Waals surface area (Å²) in [6.45, 7) is 0.204. The fourth-order valence-electron chi connectivity index (χ4n) is 4.35. The van der Waals surface area contributed by atoms with E-state index >= 15 is 0 Å². The number of anilines is 2. The van der Waals surface area contributed by atoms with E-state index in [1.54, 1.807) is 23.2 Å². The lowest BCUT2D eigenvalue weighted by Crippen LogP contribution is -2.50. The Morgan fingerprint density at radius 1 is 1.06 bits per heavy atom. The van der Waals surface area contributed by atoms with Crippen molar-refractivity contribution in [2.75, 3.05) is 10.6 Å². The molecule has 10 heteroatoms. The number of carbonyl (C=O) groups excluding carboxylic acids is 2. The summed E-state index contributed by atoms with van der Waals surface area (Å²) in [6, 6.07) is 8.25. The van der Waals surface area contributed by atoms with E-state index in [1.165, 1.54) is 24.3 Å². The van der Waals surface area contributed by atoms with E-state index in [0.717, 1.165) is 29.7 Å². The fraction of sp³-hybridized carbons (Fsp3) is 0.381. The van der Waals surface area contributed by atoms with E-state index < -0.39 is 17.1 Å². The van der Waals surface area contributed by atoms with Crippen molar-refractivity contribution >= 4 is 35.2 Å². The van der Waals surface area contributed by atoms with Crippen molar-refractivity contribution in [1.82, 2.24) is 9.88 Å². The van der Waals surface area contributed by atoms with Crippen LogP contribution in [0.25, 0.3) is 0 Å². The van der Waals surface area contributed by atoms with Gasteiger partial charge < -0.3 is 10.6 Å². The van der Waals surface area contributed by atoms with Crippen LogP contribution >= 0.6 is 11.8 Å². The molecule has 1 aromatic heterocycles. The van der Waals surface area contributed by atoms with E-state index in [-0.39, 0.29) is 34.8 Å². The molecule has 0 bridgehead atoms. The minimum atomic E-state index is -4.41. The van der Waals surface area contributed by atoms with Gasteiger partial charge in [0.25, 0.3) is 5.91 Å². The van der Waals surface area contributed by atoms with E-state index in [2.05, 4.69) is 4.98 Å². The molecule has 2 N–H and O–H groups in total. The summed E-state index contributed by atoms with van der Waals surface area (Å²) < 4.78 is 37.8. The van der Waals surface area contributed by atoms with E-state index in [1.807, 2.05) is 0 Å². The van der Waals surface area contributed by atoms with Gasteiger partial charge in [0.05, 0.1) is 5.69 Å². The highest BCUT2D eigenvalue weighted by molar-refractivity contribution is 8.00. The van der Waals surface area contributed by atoms with Crippen LogP contribution in [0.2, 0.25) is 0 Å². The molecule has 31 heavy (non-hydrogen) atoms. The zero-order valence-electron chi connectivity index (χ0n) is 16.6. The molecule has 4 rings (SSSR count). The summed E-state index contributed by atoms with van der Waals surface area (Å²) in [5.74, 6) is -0.00164. The Bertz CT molecular complexity index is 991. The maximum absolute atomic E-state index is 13.5. The summed E-state index contributed by atoms with van der Waals surface area (Å²) in [5.41, 5.74) is 1.44. The van der Waals surface area contributed by atoms with Crippen molar-refractivity contribution < 1.29 is 22.8 Å². The number of nitrogen functional groups attached to an aromatic ring is 1. The van der Waals surface area contributed by atoms with Gasteiger partial charge in [-0.15, -0.1) is 0 Å². The molecule has 1 saturated carbocycles. The SMILES string of the molecule is Nc1cc(CN2C(=O)N(c3ccc(SC(F)(F)F)cc3)C(=O)C23CCCCC3)ccn1. The summed E-state index contributed by atoms with van der Waals surface area (Å²) in [4.78, 5) is 33.5. The molecule has 2 fully saturated rings. The Balaban J connectivity index is 1.66. The first-order valence-electron chi connectivity index (χ1n) is 9.92. The Kier molecular flexibility index (Phi) is 5.59. The van der Waals surface area contributed by atoms with E-state index in [9.17, 15) is 22.8 Å². The average Bonchev–Trinajstić information content (AvgIpc) is 2.90. The summed E-state index contributed by atoms with van der Waals surface area (Å²) in [5, 5.41) is 0. The zero-order valence-corrected chi connectivity index (χ0v) is 17.4. The number of thioether (sulfide) groups is 1. The maximum atomic E-state index is 13.5. The Labute approximate surface area is 181 Å². The molecular formula is C21H21F3N4O2S. The highest BCUT2D eigenvalue weighted by atomic mass is 32.2. The number of halogens is 3. The van der Waals surface area contributed by atoms with Crippen LogP contribution in [0.1, 0.15) is 37.7 Å². The number of hydrogen-bond acceptors (Lipinski definition) is 5. The topological polar surface area (TPSA) is 79.5 Å². The van der Waals surface area contributed by atoms with Crippen LogP contribution in [0.5, 0.6) is 0 Å². The molecule has 1 aliphatic carbocycles. The molecule has 164 valence electrons. The third kappa shape index (κ3) is 4.21. The molecule has 0 unspecified atom stereocenters. The first kappa shape index (κ1) is 21.5. The number of benzene rings is 1. The predicted molar refractivity (Wildman–Crippen MR) is 111 cm³/mol. The standard InChI is InChI=1S/C21H21F3N4O2S/c22-21(23,24)31-16-6-4-15(5-7-16)28-18(29)20(9-2-1-3-10-20)27(19(28)30)13-14-8-11-26-17(25)12-14/h4-8,11-12H,1-3,9-10,13H2,(H2,25,26). The fourth-order valence-corrected chi connectivity index (χ4v) is 4.89.